The van der Waals surface area contributed by atoms with E-state index in [2.05, 4.69) is 34.6 Å². The molecule has 0 spiro atoms. The maximum atomic E-state index is 13.1. The fraction of sp³-hybridized carbons (Fsp3) is 0.951. The van der Waals surface area contributed by atoms with E-state index in [1.807, 2.05) is 0 Å². The molecule has 101 heavy (non-hydrogen) atoms. The van der Waals surface area contributed by atoms with Gasteiger partial charge in [0, 0.05) is 25.7 Å². The highest BCUT2D eigenvalue weighted by Gasteiger charge is 2.30. The molecule has 600 valence electrons. The summed E-state index contributed by atoms with van der Waals surface area (Å²) >= 11 is 0. The van der Waals surface area contributed by atoms with E-state index >= 15 is 0 Å². The average Bonchev–Trinajstić information content (AvgIpc) is 0.947. The lowest BCUT2D eigenvalue weighted by Crippen LogP contribution is -2.30. The standard InChI is InChI=1S/C82H160O17P2/c1-6-10-13-16-19-22-25-28-30-32-33-34-36-38-41-47-52-57-62-67-81(86)98-77(71-93-80(85)66-61-56-51-46-40-37-35-31-29-26-23-20-17-14-11-7-2)73-96-100(88,89)94-69-76(83)70-95-101(90,91)97-74-78(72-92-79(84)65-60-55-50-45-39-27-24-21-18-15-12-8-3)99-82(87)68-63-58-53-48-43-42-44-49-54-59-64-75(5)9-4/h75-78,83H,6-74H2,1-5H3,(H,88,89)(H,90,91)/t75?,76-,77-,78-/m1/s1. The molecule has 0 aliphatic carbocycles. The molecule has 0 bridgehead atoms. The van der Waals surface area contributed by atoms with Gasteiger partial charge >= 0.3 is 39.5 Å². The molecule has 0 fully saturated rings. The maximum absolute atomic E-state index is 13.1. The van der Waals surface area contributed by atoms with Crippen LogP contribution in [0.2, 0.25) is 0 Å². The van der Waals surface area contributed by atoms with Crippen LogP contribution in [-0.4, -0.2) is 96.7 Å². The summed E-state index contributed by atoms with van der Waals surface area (Å²) in [5, 5.41) is 10.7. The van der Waals surface area contributed by atoms with Gasteiger partial charge in [0.25, 0.3) is 0 Å². The van der Waals surface area contributed by atoms with Crippen molar-refractivity contribution in [1.82, 2.24) is 0 Å². The largest absolute Gasteiger partial charge is 0.472 e. The lowest BCUT2D eigenvalue weighted by Gasteiger charge is -2.21. The van der Waals surface area contributed by atoms with Crippen LogP contribution in [0.1, 0.15) is 439 Å². The molecule has 0 saturated carbocycles. The maximum Gasteiger partial charge on any atom is 0.472 e. The Morgan fingerprint density at radius 2 is 0.475 bits per heavy atom. The molecule has 3 N–H and O–H groups in total. The number of rotatable bonds is 82. The third-order valence-corrected chi connectivity index (χ3v) is 21.5. The smallest absolute Gasteiger partial charge is 0.462 e. The summed E-state index contributed by atoms with van der Waals surface area (Å²) in [6, 6.07) is 0. The number of phosphoric acid groups is 2. The third-order valence-electron chi connectivity index (χ3n) is 19.6. The van der Waals surface area contributed by atoms with Crippen molar-refractivity contribution in [3.05, 3.63) is 0 Å². The molecule has 6 atom stereocenters. The quantitative estimate of drug-likeness (QED) is 0.0222. The highest BCUT2D eigenvalue weighted by Crippen LogP contribution is 2.45. The Morgan fingerprint density at radius 1 is 0.277 bits per heavy atom. The minimum absolute atomic E-state index is 0.107. The van der Waals surface area contributed by atoms with Crippen molar-refractivity contribution in [1.29, 1.82) is 0 Å². The van der Waals surface area contributed by atoms with E-state index in [9.17, 15) is 43.2 Å². The highest BCUT2D eigenvalue weighted by molar-refractivity contribution is 7.47. The molecule has 0 aromatic heterocycles. The number of aliphatic hydroxyl groups is 1. The van der Waals surface area contributed by atoms with E-state index in [0.29, 0.717) is 25.7 Å². The summed E-state index contributed by atoms with van der Waals surface area (Å²) in [6.07, 6.45) is 66.4. The van der Waals surface area contributed by atoms with Gasteiger partial charge in [0.2, 0.25) is 0 Å². The first-order valence-electron chi connectivity index (χ1n) is 42.7. The molecule has 0 aliphatic rings. The van der Waals surface area contributed by atoms with Gasteiger partial charge in [-0.15, -0.1) is 0 Å². The van der Waals surface area contributed by atoms with Gasteiger partial charge in [-0.3, -0.25) is 37.3 Å². The second kappa shape index (κ2) is 74.9. The molecule has 3 unspecified atom stereocenters. The van der Waals surface area contributed by atoms with Gasteiger partial charge in [0.15, 0.2) is 12.2 Å². The van der Waals surface area contributed by atoms with E-state index in [-0.39, 0.29) is 25.7 Å². The molecular formula is C82H160O17P2. The fourth-order valence-electron chi connectivity index (χ4n) is 12.7. The predicted molar refractivity (Wildman–Crippen MR) is 414 cm³/mol. The molecule has 0 aromatic rings. The first kappa shape index (κ1) is 99.1. The van der Waals surface area contributed by atoms with Crippen molar-refractivity contribution in [2.75, 3.05) is 39.6 Å². The Balaban J connectivity index is 5.26. The zero-order valence-corrected chi connectivity index (χ0v) is 67.8. The number of carbonyl (C=O) groups is 4. The summed E-state index contributed by atoms with van der Waals surface area (Å²) in [5.74, 6) is -1.30. The Kier molecular flexibility index (Phi) is 73.5. The van der Waals surface area contributed by atoms with Crippen molar-refractivity contribution in [2.24, 2.45) is 5.92 Å². The van der Waals surface area contributed by atoms with Crippen LogP contribution in [0.25, 0.3) is 0 Å². The van der Waals surface area contributed by atoms with Crippen LogP contribution in [0.5, 0.6) is 0 Å². The second-order valence-electron chi connectivity index (χ2n) is 29.8. The SMILES string of the molecule is CCCCCCCCCCCCCCCCCCCCCC(=O)O[C@H](COC(=O)CCCCCCCCCCCCCCCCCC)COP(=O)(O)OC[C@@H](O)COP(=O)(O)OC[C@@H](COC(=O)CCCCCCCCCCCCCC)OC(=O)CCCCCCCCCCCCC(C)CC. The number of phosphoric ester groups is 2. The van der Waals surface area contributed by atoms with Crippen LogP contribution in [0.15, 0.2) is 0 Å². The molecule has 0 heterocycles. The van der Waals surface area contributed by atoms with Gasteiger partial charge < -0.3 is 33.8 Å². The van der Waals surface area contributed by atoms with E-state index in [4.69, 9.17) is 37.0 Å². The molecule has 0 amide bonds. The fourth-order valence-corrected chi connectivity index (χ4v) is 14.3. The Labute approximate surface area is 619 Å². The zero-order chi connectivity index (χ0) is 74.1. The van der Waals surface area contributed by atoms with E-state index in [0.717, 1.165) is 95.8 Å². The molecule has 19 heteroatoms. The van der Waals surface area contributed by atoms with Crippen molar-refractivity contribution < 1.29 is 80.2 Å². The van der Waals surface area contributed by atoms with Gasteiger partial charge in [0.05, 0.1) is 26.4 Å². The van der Waals surface area contributed by atoms with Gasteiger partial charge in [-0.1, -0.05) is 388 Å². The number of carbonyl (C=O) groups excluding carboxylic acids is 4. The molecule has 0 aromatic carbocycles. The number of esters is 4. The summed E-state index contributed by atoms with van der Waals surface area (Å²) in [6.45, 7) is 7.37. The van der Waals surface area contributed by atoms with Gasteiger partial charge in [-0.25, -0.2) is 9.13 Å². The summed E-state index contributed by atoms with van der Waals surface area (Å²) in [4.78, 5) is 73.1. The molecule has 0 radical (unpaired) electrons. The third kappa shape index (κ3) is 74.7. The van der Waals surface area contributed by atoms with Crippen LogP contribution in [0, 0.1) is 5.92 Å². The monoisotopic (exact) mass is 1480 g/mol. The normalized spacial score (nSPS) is 14.1. The second-order valence-corrected chi connectivity index (χ2v) is 32.7. The topological polar surface area (TPSA) is 237 Å². The number of hydrogen-bond acceptors (Lipinski definition) is 15. The predicted octanol–water partition coefficient (Wildman–Crippen LogP) is 24.8. The Morgan fingerprint density at radius 3 is 0.703 bits per heavy atom. The molecular weight excluding hydrogens is 1320 g/mol. The lowest BCUT2D eigenvalue weighted by atomic mass is 9.99. The van der Waals surface area contributed by atoms with Crippen LogP contribution < -0.4 is 0 Å². The van der Waals surface area contributed by atoms with E-state index < -0.39 is 97.5 Å². The van der Waals surface area contributed by atoms with Crippen LogP contribution in [0.3, 0.4) is 0 Å². The van der Waals surface area contributed by atoms with Crippen molar-refractivity contribution in [3.8, 4) is 0 Å². The van der Waals surface area contributed by atoms with Gasteiger partial charge in [-0.05, 0) is 31.6 Å². The number of ether oxygens (including phenoxy) is 4. The minimum Gasteiger partial charge on any atom is -0.462 e. The minimum atomic E-state index is -4.96. The summed E-state index contributed by atoms with van der Waals surface area (Å²) in [5.41, 5.74) is 0. The molecule has 0 rings (SSSR count). The molecule has 0 aliphatic heterocycles. The molecule has 17 nitrogen and oxygen atoms in total. The highest BCUT2D eigenvalue weighted by atomic mass is 31.2. The number of unbranched alkanes of at least 4 members (excludes halogenated alkanes) is 53. The summed E-state index contributed by atoms with van der Waals surface area (Å²) < 4.78 is 68.8. The first-order valence-corrected chi connectivity index (χ1v) is 45.7. The van der Waals surface area contributed by atoms with Crippen LogP contribution in [0.4, 0.5) is 0 Å². The van der Waals surface area contributed by atoms with Crippen molar-refractivity contribution in [2.45, 2.75) is 457 Å². The number of aliphatic hydroxyl groups excluding tert-OH is 1. The van der Waals surface area contributed by atoms with Crippen LogP contribution in [-0.2, 0) is 65.4 Å². The zero-order valence-electron chi connectivity index (χ0n) is 66.1. The van der Waals surface area contributed by atoms with E-state index in [1.165, 1.54) is 263 Å². The lowest BCUT2D eigenvalue weighted by molar-refractivity contribution is -0.161. The average molecular weight is 1480 g/mol. The van der Waals surface area contributed by atoms with Gasteiger partial charge in [-0.2, -0.15) is 0 Å². The van der Waals surface area contributed by atoms with Crippen molar-refractivity contribution >= 4 is 39.5 Å². The summed E-state index contributed by atoms with van der Waals surface area (Å²) in [7, 11) is -9.92. The first-order chi connectivity index (χ1) is 49.1. The Hall–Kier alpha value is -1.94. The van der Waals surface area contributed by atoms with E-state index in [1.54, 1.807) is 0 Å². The number of hydrogen-bond donors (Lipinski definition) is 3. The van der Waals surface area contributed by atoms with Crippen LogP contribution >= 0.6 is 15.6 Å². The molecule has 0 saturated heterocycles. The van der Waals surface area contributed by atoms with Crippen molar-refractivity contribution in [3.63, 3.8) is 0 Å². The van der Waals surface area contributed by atoms with Gasteiger partial charge in [0.1, 0.15) is 19.3 Å². The Bertz CT molecular complexity index is 1930.